The molecule has 0 fully saturated rings. The van der Waals surface area contributed by atoms with E-state index in [1.54, 1.807) is 0 Å². The fraction of sp³-hybridized carbons (Fsp3) is 0.867. The minimum atomic E-state index is -4.35. The molecule has 0 aromatic heterocycles. The summed E-state index contributed by atoms with van der Waals surface area (Å²) < 4.78 is 32.4. The highest BCUT2D eigenvalue weighted by Crippen LogP contribution is 2.10. The van der Waals surface area contributed by atoms with Crippen molar-refractivity contribution in [1.82, 2.24) is 0 Å². The molecule has 0 aromatic carbocycles. The van der Waals surface area contributed by atoms with Crippen LogP contribution in [0.2, 0.25) is 0 Å². The third-order valence-electron chi connectivity index (χ3n) is 3.52. The lowest BCUT2D eigenvalue weighted by atomic mass is 10.1. The van der Waals surface area contributed by atoms with Gasteiger partial charge in [0.1, 0.15) is 12.6 Å². The van der Waals surface area contributed by atoms with Crippen molar-refractivity contribution < 1.29 is 22.6 Å². The molecule has 0 aliphatic heterocycles. The lowest BCUT2D eigenvalue weighted by Gasteiger charge is -2.32. The quantitative estimate of drug-likeness (QED) is 0.243. The number of quaternary nitrogens is 1. The van der Waals surface area contributed by atoms with Crippen molar-refractivity contribution in [1.29, 1.82) is 0 Å². The van der Waals surface area contributed by atoms with Gasteiger partial charge in [0.15, 0.2) is 0 Å². The van der Waals surface area contributed by atoms with Crippen LogP contribution in [0.1, 0.15) is 44.9 Å². The molecule has 0 rings (SSSR count). The van der Waals surface area contributed by atoms with Crippen LogP contribution in [0, 0.1) is 0 Å². The number of aliphatic hydroxyl groups is 1. The predicted octanol–water partition coefficient (Wildman–Crippen LogP) is 1.89. The number of likely N-dealkylation sites (N-methyl/N-ethyl adjacent to an activating group) is 1. The Morgan fingerprint density at radius 2 is 1.67 bits per heavy atom. The van der Waals surface area contributed by atoms with Gasteiger partial charge < -0.3 is 14.1 Å². The number of rotatable bonds is 13. The number of allylic oxidation sites excluding steroid dienone is 1. The topological polar surface area (TPSA) is 77.4 Å². The van der Waals surface area contributed by atoms with Gasteiger partial charge in [0.05, 0.1) is 36.5 Å². The predicted molar refractivity (Wildman–Crippen MR) is 84.9 cm³/mol. The van der Waals surface area contributed by atoms with Gasteiger partial charge >= 0.3 is 0 Å². The van der Waals surface area contributed by atoms with E-state index in [4.69, 9.17) is 0 Å². The van der Waals surface area contributed by atoms with Crippen LogP contribution in [0.15, 0.2) is 12.7 Å². The van der Waals surface area contributed by atoms with Crippen molar-refractivity contribution in [3.05, 3.63) is 12.7 Å². The van der Waals surface area contributed by atoms with Crippen LogP contribution >= 0.6 is 0 Å². The van der Waals surface area contributed by atoms with Crippen LogP contribution in [-0.4, -0.2) is 61.6 Å². The summed E-state index contributed by atoms with van der Waals surface area (Å²) in [5.74, 6) is -0.696. The lowest BCUT2D eigenvalue weighted by molar-refractivity contribution is -0.893. The van der Waals surface area contributed by atoms with E-state index in [9.17, 15) is 18.1 Å². The van der Waals surface area contributed by atoms with Gasteiger partial charge in [-0.2, -0.15) is 0 Å². The second kappa shape index (κ2) is 10.3. The normalized spacial score (nSPS) is 14.1. The molecule has 0 aliphatic rings. The maximum Gasteiger partial charge on any atom is 0.116 e. The molecule has 21 heavy (non-hydrogen) atoms. The van der Waals surface area contributed by atoms with Gasteiger partial charge in [-0.05, 0) is 25.7 Å². The number of aliphatic hydroxyl groups excluding tert-OH is 1. The van der Waals surface area contributed by atoms with E-state index in [2.05, 4.69) is 6.58 Å². The number of nitrogens with zero attached hydrogens (tertiary/aromatic N) is 1. The zero-order chi connectivity index (χ0) is 16.4. The van der Waals surface area contributed by atoms with E-state index < -0.39 is 22.0 Å². The van der Waals surface area contributed by atoms with E-state index in [1.165, 1.54) is 25.7 Å². The minimum Gasteiger partial charge on any atom is -0.748 e. The van der Waals surface area contributed by atoms with Crippen molar-refractivity contribution in [2.24, 2.45) is 0 Å². The molecule has 0 aromatic rings. The third-order valence-corrected chi connectivity index (χ3v) is 4.32. The first-order chi connectivity index (χ1) is 9.66. The Morgan fingerprint density at radius 1 is 1.14 bits per heavy atom. The molecule has 0 heterocycles. The second-order valence-corrected chi connectivity index (χ2v) is 7.87. The van der Waals surface area contributed by atoms with Gasteiger partial charge in [0.2, 0.25) is 0 Å². The number of hydrogen-bond acceptors (Lipinski definition) is 4. The average molecular weight is 321 g/mol. The fourth-order valence-corrected chi connectivity index (χ4v) is 3.06. The van der Waals surface area contributed by atoms with E-state index in [0.29, 0.717) is 11.0 Å². The van der Waals surface area contributed by atoms with Crippen molar-refractivity contribution >= 4 is 10.1 Å². The fourth-order valence-electron chi connectivity index (χ4n) is 2.49. The molecule has 0 amide bonds. The molecular formula is C15H31NO4S. The van der Waals surface area contributed by atoms with Crippen LogP contribution in [0.5, 0.6) is 0 Å². The molecule has 5 nitrogen and oxygen atoms in total. The van der Waals surface area contributed by atoms with Crippen molar-refractivity contribution in [2.45, 2.75) is 51.0 Å². The van der Waals surface area contributed by atoms with Gasteiger partial charge in [-0.3, -0.25) is 0 Å². The van der Waals surface area contributed by atoms with Crippen molar-refractivity contribution in [3.8, 4) is 0 Å². The average Bonchev–Trinajstić information content (AvgIpc) is 2.29. The smallest absolute Gasteiger partial charge is 0.116 e. The molecule has 126 valence electrons. The molecule has 6 heteroatoms. The standard InChI is InChI=1S/C15H31NO4S/c1-4-5-6-7-8-9-10-11-12-16(2,3)13-15(17)14-21(18,19)20/h4,15,17H,1,5-14H2,2-3H3. The molecule has 0 aliphatic carbocycles. The highest BCUT2D eigenvalue weighted by atomic mass is 32.2. The zero-order valence-corrected chi connectivity index (χ0v) is 14.3. The summed E-state index contributed by atoms with van der Waals surface area (Å²) in [5, 5.41) is 9.64. The maximum absolute atomic E-state index is 10.6. The second-order valence-electron chi connectivity index (χ2n) is 6.42. The first-order valence-electron chi connectivity index (χ1n) is 7.71. The summed E-state index contributed by atoms with van der Waals surface area (Å²) in [7, 11) is -0.455. The Hall–Kier alpha value is -0.430. The molecule has 1 unspecified atom stereocenters. The van der Waals surface area contributed by atoms with Crippen LogP contribution < -0.4 is 0 Å². The summed E-state index contributed by atoms with van der Waals surface area (Å²) in [6.07, 6.45) is 9.04. The zero-order valence-electron chi connectivity index (χ0n) is 13.5. The van der Waals surface area contributed by atoms with E-state index >= 15 is 0 Å². The van der Waals surface area contributed by atoms with Crippen LogP contribution in [0.25, 0.3) is 0 Å². The van der Waals surface area contributed by atoms with Crippen LogP contribution in [0.3, 0.4) is 0 Å². The molecule has 0 saturated heterocycles. The maximum atomic E-state index is 10.6. The van der Waals surface area contributed by atoms with Crippen molar-refractivity contribution in [3.63, 3.8) is 0 Å². The molecule has 0 bridgehead atoms. The van der Waals surface area contributed by atoms with E-state index in [-0.39, 0.29) is 0 Å². The van der Waals surface area contributed by atoms with Gasteiger partial charge in [-0.15, -0.1) is 6.58 Å². The van der Waals surface area contributed by atoms with Crippen LogP contribution in [-0.2, 0) is 10.1 Å². The third kappa shape index (κ3) is 14.3. The number of unbranched alkanes of at least 4 members (excludes halogenated alkanes) is 6. The summed E-state index contributed by atoms with van der Waals surface area (Å²) in [6, 6.07) is 0. The SMILES string of the molecule is C=CCCCCCCCC[N+](C)(C)CC(O)CS(=O)(=O)[O-]. The van der Waals surface area contributed by atoms with Gasteiger partial charge in [0.25, 0.3) is 0 Å². The monoisotopic (exact) mass is 321 g/mol. The Balaban J connectivity index is 3.75. The van der Waals surface area contributed by atoms with Gasteiger partial charge in [0, 0.05) is 0 Å². The largest absolute Gasteiger partial charge is 0.748 e. The summed E-state index contributed by atoms with van der Waals surface area (Å²) in [6.45, 7) is 4.87. The Labute approximate surface area is 130 Å². The molecule has 1 N–H and O–H groups in total. The molecule has 0 saturated carbocycles. The summed E-state index contributed by atoms with van der Waals surface area (Å²) in [5.41, 5.74) is 0. The molecule has 1 atom stereocenters. The van der Waals surface area contributed by atoms with Gasteiger partial charge in [-0.25, -0.2) is 8.42 Å². The summed E-state index contributed by atoms with van der Waals surface area (Å²) in [4.78, 5) is 0. The summed E-state index contributed by atoms with van der Waals surface area (Å²) >= 11 is 0. The van der Waals surface area contributed by atoms with Crippen molar-refractivity contribution in [2.75, 3.05) is 32.9 Å². The Bertz CT molecular complexity index is 379. The molecular weight excluding hydrogens is 290 g/mol. The first-order valence-corrected chi connectivity index (χ1v) is 9.28. The van der Waals surface area contributed by atoms with Crippen LogP contribution in [0.4, 0.5) is 0 Å². The molecule has 0 spiro atoms. The first kappa shape index (κ1) is 20.6. The highest BCUT2D eigenvalue weighted by Gasteiger charge is 2.21. The highest BCUT2D eigenvalue weighted by molar-refractivity contribution is 7.85. The van der Waals surface area contributed by atoms with Gasteiger partial charge in [-0.1, -0.05) is 25.3 Å². The number of hydrogen-bond donors (Lipinski definition) is 1. The lowest BCUT2D eigenvalue weighted by Crippen LogP contribution is -2.47. The Kier molecular flexibility index (Phi) is 10.1. The Morgan fingerprint density at radius 3 is 2.19 bits per heavy atom. The van der Waals surface area contributed by atoms with E-state index in [1.807, 2.05) is 20.2 Å². The molecule has 0 radical (unpaired) electrons. The van der Waals surface area contributed by atoms with E-state index in [0.717, 1.165) is 25.8 Å². The minimum absolute atomic E-state index is 0.292.